The van der Waals surface area contributed by atoms with Gasteiger partial charge in [0.05, 0.1) is 6.33 Å². The van der Waals surface area contributed by atoms with Crippen molar-refractivity contribution >= 4 is 29.3 Å². The number of nitrogens with zero attached hydrogens (tertiary/aromatic N) is 5. The molecule has 1 unspecified atom stereocenters. The number of ether oxygens (including phenoxy) is 1. The molecule has 1 aliphatic heterocycles. The van der Waals surface area contributed by atoms with Gasteiger partial charge in [-0.15, -0.1) is 0 Å². The van der Waals surface area contributed by atoms with Gasteiger partial charge in [0.15, 0.2) is 5.65 Å². The summed E-state index contributed by atoms with van der Waals surface area (Å²) in [6.07, 6.45) is 8.61. The predicted octanol–water partition coefficient (Wildman–Crippen LogP) is 5.06. The molecule has 0 amide bonds. The molecule has 0 N–H and O–H groups in total. The van der Waals surface area contributed by atoms with Gasteiger partial charge in [0.2, 0.25) is 0 Å². The Labute approximate surface area is 169 Å². The maximum Gasteiger partial charge on any atom is 0.165 e. The van der Waals surface area contributed by atoms with E-state index in [9.17, 15) is 0 Å². The molecule has 0 saturated carbocycles. The van der Waals surface area contributed by atoms with E-state index in [0.29, 0.717) is 0 Å². The third-order valence-corrected chi connectivity index (χ3v) is 5.30. The summed E-state index contributed by atoms with van der Waals surface area (Å²) >= 11 is 1.57. The zero-order chi connectivity index (χ0) is 19.6. The lowest BCUT2D eigenvalue weighted by molar-refractivity contribution is -0.0298. The Hall–Kier alpha value is -2.25. The van der Waals surface area contributed by atoms with Crippen molar-refractivity contribution in [3.63, 3.8) is 0 Å². The Morgan fingerprint density at radius 3 is 2.68 bits per heavy atom. The van der Waals surface area contributed by atoms with Crippen LogP contribution >= 0.6 is 11.9 Å². The van der Waals surface area contributed by atoms with Crippen molar-refractivity contribution in [2.75, 3.05) is 6.61 Å². The minimum Gasteiger partial charge on any atom is -0.358 e. The average Bonchev–Trinajstić information content (AvgIpc) is 3.12. The van der Waals surface area contributed by atoms with Crippen molar-refractivity contribution in [3.8, 4) is 11.3 Å². The molecule has 3 aromatic rings. The van der Waals surface area contributed by atoms with Crippen LogP contribution in [0.25, 0.3) is 22.4 Å². The SMILES string of the molecule is CC(C)(C)S/N=C/c1ccc(-c2ncnc3c2ncn3C2CCCCO2)cc1. The van der Waals surface area contributed by atoms with Gasteiger partial charge in [-0.1, -0.05) is 24.3 Å². The van der Waals surface area contributed by atoms with E-state index in [0.717, 1.165) is 47.4 Å². The summed E-state index contributed by atoms with van der Waals surface area (Å²) in [7, 11) is 0. The molecule has 1 aliphatic rings. The molecular formula is C21H25N5OS. The fraction of sp³-hybridized carbons (Fsp3) is 0.429. The smallest absolute Gasteiger partial charge is 0.165 e. The lowest BCUT2D eigenvalue weighted by Crippen LogP contribution is -2.17. The van der Waals surface area contributed by atoms with E-state index in [4.69, 9.17) is 4.74 Å². The first kappa shape index (κ1) is 19.1. The quantitative estimate of drug-likeness (QED) is 0.456. The number of aromatic nitrogens is 4. The maximum absolute atomic E-state index is 5.90. The van der Waals surface area contributed by atoms with Gasteiger partial charge in [-0.3, -0.25) is 4.57 Å². The number of hydrogen-bond donors (Lipinski definition) is 0. The van der Waals surface area contributed by atoms with Gasteiger partial charge in [0.25, 0.3) is 0 Å². The molecule has 1 fully saturated rings. The van der Waals surface area contributed by atoms with Crippen molar-refractivity contribution in [1.29, 1.82) is 0 Å². The third kappa shape index (κ3) is 4.25. The van der Waals surface area contributed by atoms with Crippen LogP contribution in [0, 0.1) is 0 Å². The number of fused-ring (bicyclic) bond motifs is 1. The maximum atomic E-state index is 5.90. The standard InChI is InChI=1S/C21H25N5OS/c1-21(2,3)28-25-12-15-7-9-16(10-8-15)18-19-20(23-13-22-18)26(14-24-19)17-6-4-5-11-27-17/h7-10,12-14,17H,4-6,11H2,1-3H3/b25-12+. The van der Waals surface area contributed by atoms with Gasteiger partial charge >= 0.3 is 0 Å². The summed E-state index contributed by atoms with van der Waals surface area (Å²) in [5.74, 6) is 0. The molecule has 146 valence electrons. The Balaban J connectivity index is 1.60. The van der Waals surface area contributed by atoms with Crippen LogP contribution in [-0.4, -0.2) is 37.1 Å². The predicted molar refractivity (Wildman–Crippen MR) is 115 cm³/mol. The van der Waals surface area contributed by atoms with E-state index < -0.39 is 0 Å². The van der Waals surface area contributed by atoms with Crippen molar-refractivity contribution in [3.05, 3.63) is 42.5 Å². The summed E-state index contributed by atoms with van der Waals surface area (Å²) in [5.41, 5.74) is 4.55. The first-order chi connectivity index (χ1) is 13.5. The fourth-order valence-corrected chi connectivity index (χ4v) is 3.68. The Morgan fingerprint density at radius 1 is 1.14 bits per heavy atom. The van der Waals surface area contributed by atoms with E-state index in [1.165, 1.54) is 6.42 Å². The summed E-state index contributed by atoms with van der Waals surface area (Å²) in [6, 6.07) is 8.22. The van der Waals surface area contributed by atoms with E-state index in [1.807, 2.05) is 17.1 Å². The van der Waals surface area contributed by atoms with Gasteiger partial charge in [0.1, 0.15) is 23.8 Å². The zero-order valence-electron chi connectivity index (χ0n) is 16.5. The van der Waals surface area contributed by atoms with E-state index in [-0.39, 0.29) is 11.0 Å². The minimum absolute atomic E-state index is 0.0143. The van der Waals surface area contributed by atoms with Gasteiger partial charge in [-0.05, 0) is 57.5 Å². The van der Waals surface area contributed by atoms with Crippen molar-refractivity contribution in [2.45, 2.75) is 51.0 Å². The highest BCUT2D eigenvalue weighted by Gasteiger charge is 2.20. The van der Waals surface area contributed by atoms with Crippen LogP contribution in [0.1, 0.15) is 51.8 Å². The lowest BCUT2D eigenvalue weighted by Gasteiger charge is -2.23. The molecule has 3 heterocycles. The second-order valence-electron chi connectivity index (χ2n) is 7.93. The van der Waals surface area contributed by atoms with Crippen molar-refractivity contribution in [2.24, 2.45) is 4.40 Å². The highest BCUT2D eigenvalue weighted by Crippen LogP contribution is 2.29. The summed E-state index contributed by atoms with van der Waals surface area (Å²) in [4.78, 5) is 13.6. The molecular weight excluding hydrogens is 370 g/mol. The first-order valence-electron chi connectivity index (χ1n) is 9.62. The van der Waals surface area contributed by atoms with Crippen molar-refractivity contribution in [1.82, 2.24) is 19.5 Å². The minimum atomic E-state index is 0.0143. The number of hydrogen-bond acceptors (Lipinski definition) is 6. The van der Waals surface area contributed by atoms with E-state index in [2.05, 4.69) is 64.4 Å². The molecule has 28 heavy (non-hydrogen) atoms. The largest absolute Gasteiger partial charge is 0.358 e. The van der Waals surface area contributed by atoms with E-state index in [1.54, 1.807) is 18.3 Å². The fourth-order valence-electron chi connectivity index (χ4n) is 3.19. The molecule has 7 heteroatoms. The normalized spacial score (nSPS) is 18.2. The molecule has 1 aromatic carbocycles. The van der Waals surface area contributed by atoms with Crippen molar-refractivity contribution < 1.29 is 4.74 Å². The molecule has 0 radical (unpaired) electrons. The van der Waals surface area contributed by atoms with E-state index >= 15 is 0 Å². The molecule has 1 saturated heterocycles. The zero-order valence-corrected chi connectivity index (χ0v) is 17.3. The van der Waals surface area contributed by atoms with Gasteiger partial charge in [0, 0.05) is 23.1 Å². The second kappa shape index (κ2) is 8.01. The number of benzene rings is 1. The summed E-state index contributed by atoms with van der Waals surface area (Å²) in [6.45, 7) is 7.24. The monoisotopic (exact) mass is 395 g/mol. The summed E-state index contributed by atoms with van der Waals surface area (Å²) < 4.78 is 12.5. The Kier molecular flexibility index (Phi) is 5.46. The number of rotatable bonds is 4. The van der Waals surface area contributed by atoms with Crippen LogP contribution in [0.3, 0.4) is 0 Å². The molecule has 6 nitrogen and oxygen atoms in total. The van der Waals surface area contributed by atoms with Crippen LogP contribution < -0.4 is 0 Å². The van der Waals surface area contributed by atoms with Gasteiger partial charge in [-0.25, -0.2) is 19.3 Å². The van der Waals surface area contributed by atoms with Crippen LogP contribution in [0.2, 0.25) is 0 Å². The van der Waals surface area contributed by atoms with Crippen LogP contribution in [0.15, 0.2) is 41.3 Å². The topological polar surface area (TPSA) is 65.2 Å². The third-order valence-electron chi connectivity index (χ3n) is 4.54. The highest BCUT2D eigenvalue weighted by atomic mass is 32.2. The molecule has 2 aromatic heterocycles. The highest BCUT2D eigenvalue weighted by molar-refractivity contribution is 7.99. The summed E-state index contributed by atoms with van der Waals surface area (Å²) in [5, 5.41) is 0. The van der Waals surface area contributed by atoms with Crippen LogP contribution in [-0.2, 0) is 4.74 Å². The average molecular weight is 396 g/mol. The first-order valence-corrected chi connectivity index (χ1v) is 10.4. The Bertz CT molecular complexity index is 969. The molecule has 1 atom stereocenters. The Morgan fingerprint density at radius 2 is 1.96 bits per heavy atom. The molecule has 0 spiro atoms. The van der Waals surface area contributed by atoms with Gasteiger partial charge in [-0.2, -0.15) is 0 Å². The van der Waals surface area contributed by atoms with Crippen LogP contribution in [0.4, 0.5) is 0 Å². The van der Waals surface area contributed by atoms with Gasteiger partial charge < -0.3 is 4.74 Å². The second-order valence-corrected chi connectivity index (χ2v) is 9.55. The molecule has 0 bridgehead atoms. The molecule has 4 rings (SSSR count). The molecule has 0 aliphatic carbocycles. The number of imidazole rings is 1. The van der Waals surface area contributed by atoms with Crippen LogP contribution in [0.5, 0.6) is 0 Å². The lowest BCUT2D eigenvalue weighted by atomic mass is 10.1.